The maximum atomic E-state index is 11.8. The molecular formula is C17H18BrN3O3. The van der Waals surface area contributed by atoms with Gasteiger partial charge in [0.15, 0.2) is 0 Å². The number of rotatable bonds is 7. The van der Waals surface area contributed by atoms with Gasteiger partial charge in [-0.3, -0.25) is 4.79 Å². The maximum absolute atomic E-state index is 11.8. The molecule has 0 saturated carbocycles. The standard InChI is InChI=1S/C17H18BrN3O3/c1-23-15-8-3-12(16(9-15)24-2)10-20-21-17(22)11-19-14-6-4-13(18)5-7-14/h3-10,19H,11H2,1-2H3,(H,21,22)/b20-10-. The quantitative estimate of drug-likeness (QED) is 0.561. The number of methoxy groups -OCH3 is 2. The molecule has 1 amide bonds. The molecule has 0 unspecified atom stereocenters. The number of hydrogen-bond acceptors (Lipinski definition) is 5. The van der Waals surface area contributed by atoms with Crippen LogP contribution >= 0.6 is 15.9 Å². The molecule has 0 fully saturated rings. The van der Waals surface area contributed by atoms with Gasteiger partial charge in [-0.15, -0.1) is 0 Å². The predicted octanol–water partition coefficient (Wildman–Crippen LogP) is 3.03. The van der Waals surface area contributed by atoms with Crippen LogP contribution in [0.15, 0.2) is 52.0 Å². The van der Waals surface area contributed by atoms with Gasteiger partial charge >= 0.3 is 0 Å². The first-order chi connectivity index (χ1) is 11.6. The van der Waals surface area contributed by atoms with Crippen molar-refractivity contribution in [3.05, 3.63) is 52.5 Å². The Hall–Kier alpha value is -2.54. The first-order valence-corrected chi connectivity index (χ1v) is 7.95. The molecule has 0 radical (unpaired) electrons. The van der Waals surface area contributed by atoms with Gasteiger partial charge in [-0.2, -0.15) is 5.10 Å². The van der Waals surface area contributed by atoms with Crippen LogP contribution in [-0.2, 0) is 4.79 Å². The number of carbonyl (C=O) groups is 1. The molecule has 2 rings (SSSR count). The lowest BCUT2D eigenvalue weighted by molar-refractivity contribution is -0.119. The second-order valence-electron chi connectivity index (χ2n) is 4.76. The highest BCUT2D eigenvalue weighted by molar-refractivity contribution is 9.10. The molecule has 0 spiro atoms. The summed E-state index contributed by atoms with van der Waals surface area (Å²) in [4.78, 5) is 11.8. The second kappa shape index (κ2) is 8.93. The largest absolute Gasteiger partial charge is 0.497 e. The van der Waals surface area contributed by atoms with Gasteiger partial charge in [-0.1, -0.05) is 15.9 Å². The Balaban J connectivity index is 1.86. The topological polar surface area (TPSA) is 72.0 Å². The van der Waals surface area contributed by atoms with Crippen LogP contribution in [0.1, 0.15) is 5.56 Å². The van der Waals surface area contributed by atoms with Gasteiger partial charge < -0.3 is 14.8 Å². The van der Waals surface area contributed by atoms with E-state index in [0.717, 1.165) is 15.7 Å². The van der Waals surface area contributed by atoms with E-state index < -0.39 is 0 Å². The predicted molar refractivity (Wildman–Crippen MR) is 97.9 cm³/mol. The molecule has 2 N–H and O–H groups in total. The Morgan fingerprint density at radius 3 is 2.58 bits per heavy atom. The normalized spacial score (nSPS) is 10.5. The van der Waals surface area contributed by atoms with Crippen LogP contribution in [0.4, 0.5) is 5.69 Å². The van der Waals surface area contributed by atoms with E-state index in [-0.39, 0.29) is 12.5 Å². The van der Waals surface area contributed by atoms with Crippen molar-refractivity contribution in [2.75, 3.05) is 26.1 Å². The summed E-state index contributed by atoms with van der Waals surface area (Å²) in [6, 6.07) is 12.9. The van der Waals surface area contributed by atoms with Gasteiger partial charge in [-0.25, -0.2) is 5.43 Å². The summed E-state index contributed by atoms with van der Waals surface area (Å²) < 4.78 is 11.4. The summed E-state index contributed by atoms with van der Waals surface area (Å²) in [5.74, 6) is 1.05. The summed E-state index contributed by atoms with van der Waals surface area (Å²) >= 11 is 3.36. The lowest BCUT2D eigenvalue weighted by Gasteiger charge is -2.07. The third-order valence-corrected chi connectivity index (χ3v) is 3.66. The number of hydrazone groups is 1. The van der Waals surface area contributed by atoms with Gasteiger partial charge in [0.05, 0.1) is 27.0 Å². The molecule has 24 heavy (non-hydrogen) atoms. The number of nitrogens with one attached hydrogen (secondary N) is 2. The summed E-state index contributed by atoms with van der Waals surface area (Å²) in [6.07, 6.45) is 1.52. The number of halogens is 1. The Morgan fingerprint density at radius 1 is 1.17 bits per heavy atom. The van der Waals surface area contributed by atoms with E-state index in [1.807, 2.05) is 24.3 Å². The van der Waals surface area contributed by atoms with E-state index in [0.29, 0.717) is 11.5 Å². The molecule has 0 saturated heterocycles. The molecule has 2 aromatic carbocycles. The summed E-state index contributed by atoms with van der Waals surface area (Å²) in [7, 11) is 3.15. The molecule has 0 heterocycles. The number of hydrogen-bond donors (Lipinski definition) is 2. The average molecular weight is 392 g/mol. The molecule has 0 atom stereocenters. The van der Waals surface area contributed by atoms with Crippen molar-refractivity contribution in [1.82, 2.24) is 5.43 Å². The van der Waals surface area contributed by atoms with Crippen LogP contribution in [0, 0.1) is 0 Å². The molecule has 6 nitrogen and oxygen atoms in total. The van der Waals surface area contributed by atoms with Crippen molar-refractivity contribution >= 4 is 33.7 Å². The van der Waals surface area contributed by atoms with Crippen LogP contribution in [-0.4, -0.2) is 32.9 Å². The number of benzene rings is 2. The lowest BCUT2D eigenvalue weighted by atomic mass is 10.2. The highest BCUT2D eigenvalue weighted by Crippen LogP contribution is 2.22. The monoisotopic (exact) mass is 391 g/mol. The molecule has 0 aromatic heterocycles. The summed E-state index contributed by atoms with van der Waals surface area (Å²) in [5.41, 5.74) is 4.06. The molecule has 7 heteroatoms. The molecular weight excluding hydrogens is 374 g/mol. The zero-order valence-corrected chi connectivity index (χ0v) is 15.0. The van der Waals surface area contributed by atoms with Crippen molar-refractivity contribution < 1.29 is 14.3 Å². The fourth-order valence-corrected chi connectivity index (χ4v) is 2.15. The van der Waals surface area contributed by atoms with Crippen molar-refractivity contribution in [1.29, 1.82) is 0 Å². The summed E-state index contributed by atoms with van der Waals surface area (Å²) in [6.45, 7) is 0.124. The third-order valence-electron chi connectivity index (χ3n) is 3.13. The van der Waals surface area contributed by atoms with E-state index in [2.05, 4.69) is 31.8 Å². The molecule has 0 aliphatic rings. The Bertz CT molecular complexity index is 718. The van der Waals surface area contributed by atoms with E-state index in [1.165, 1.54) is 6.21 Å². The maximum Gasteiger partial charge on any atom is 0.259 e. The first-order valence-electron chi connectivity index (χ1n) is 7.15. The Labute approximate surface area is 149 Å². The van der Waals surface area contributed by atoms with Crippen LogP contribution in [0.5, 0.6) is 11.5 Å². The number of amides is 1. The SMILES string of the molecule is COc1ccc(/C=N\NC(=O)CNc2ccc(Br)cc2)c(OC)c1. The van der Waals surface area contributed by atoms with Crippen LogP contribution in [0.2, 0.25) is 0 Å². The van der Waals surface area contributed by atoms with Gasteiger partial charge in [-0.05, 0) is 36.4 Å². The minimum atomic E-state index is -0.248. The molecule has 0 bridgehead atoms. The van der Waals surface area contributed by atoms with Crippen molar-refractivity contribution in [3.63, 3.8) is 0 Å². The second-order valence-corrected chi connectivity index (χ2v) is 5.68. The van der Waals surface area contributed by atoms with E-state index in [9.17, 15) is 4.79 Å². The van der Waals surface area contributed by atoms with E-state index >= 15 is 0 Å². The smallest absolute Gasteiger partial charge is 0.259 e. The van der Waals surface area contributed by atoms with Crippen LogP contribution in [0.25, 0.3) is 0 Å². The highest BCUT2D eigenvalue weighted by atomic mass is 79.9. The number of anilines is 1. The van der Waals surface area contributed by atoms with Gasteiger partial charge in [0.2, 0.25) is 0 Å². The fourth-order valence-electron chi connectivity index (χ4n) is 1.89. The minimum absolute atomic E-state index is 0.124. The highest BCUT2D eigenvalue weighted by Gasteiger charge is 2.03. The molecule has 0 aliphatic carbocycles. The van der Waals surface area contributed by atoms with Crippen molar-refractivity contribution in [2.45, 2.75) is 0 Å². The molecule has 126 valence electrons. The van der Waals surface area contributed by atoms with Gasteiger partial charge in [0.1, 0.15) is 11.5 Å². The molecule has 2 aromatic rings. The lowest BCUT2D eigenvalue weighted by Crippen LogP contribution is -2.25. The number of nitrogens with zero attached hydrogens (tertiary/aromatic N) is 1. The van der Waals surface area contributed by atoms with E-state index in [1.54, 1.807) is 32.4 Å². The Kier molecular flexibility index (Phi) is 6.62. The molecule has 0 aliphatic heterocycles. The van der Waals surface area contributed by atoms with Gasteiger partial charge in [0, 0.05) is 21.8 Å². The average Bonchev–Trinajstić information content (AvgIpc) is 2.61. The van der Waals surface area contributed by atoms with Crippen molar-refractivity contribution in [2.24, 2.45) is 5.10 Å². The third kappa shape index (κ3) is 5.27. The van der Waals surface area contributed by atoms with Crippen molar-refractivity contribution in [3.8, 4) is 11.5 Å². The fraction of sp³-hybridized carbons (Fsp3) is 0.176. The minimum Gasteiger partial charge on any atom is -0.497 e. The van der Waals surface area contributed by atoms with E-state index in [4.69, 9.17) is 9.47 Å². The van der Waals surface area contributed by atoms with Gasteiger partial charge in [0.25, 0.3) is 5.91 Å². The Morgan fingerprint density at radius 2 is 1.92 bits per heavy atom. The summed E-state index contributed by atoms with van der Waals surface area (Å²) in [5, 5.41) is 6.95. The van der Waals surface area contributed by atoms with Crippen LogP contribution in [0.3, 0.4) is 0 Å². The zero-order chi connectivity index (χ0) is 17.4. The number of carbonyl (C=O) groups excluding carboxylic acids is 1. The first kappa shape index (κ1) is 17.8. The van der Waals surface area contributed by atoms with Crippen LogP contribution < -0.4 is 20.2 Å². The zero-order valence-electron chi connectivity index (χ0n) is 13.4. The number of ether oxygens (including phenoxy) is 2.